The Labute approximate surface area is 198 Å². The molecule has 0 atom stereocenters. The number of aliphatic imine (C=N–C) groups is 1. The minimum atomic E-state index is -0.322. The lowest BCUT2D eigenvalue weighted by Crippen LogP contribution is -2.44. The van der Waals surface area contributed by atoms with Gasteiger partial charge in [0.05, 0.1) is 11.3 Å². The summed E-state index contributed by atoms with van der Waals surface area (Å²) in [6.07, 6.45) is 1.63. The minimum absolute atomic E-state index is 0.183. The molecule has 2 heterocycles. The maximum atomic E-state index is 12.5. The molecule has 0 saturated carbocycles. The highest BCUT2D eigenvalue weighted by Gasteiger charge is 2.14. The predicted octanol–water partition coefficient (Wildman–Crippen LogP) is 4.71. The van der Waals surface area contributed by atoms with Crippen molar-refractivity contribution in [3.8, 4) is 17.0 Å². The Hall–Kier alpha value is -3.90. The average molecular weight is 453 g/mol. The second kappa shape index (κ2) is 9.15. The number of aryl methyl sites for hydroxylation is 1. The zero-order chi connectivity index (χ0) is 23.7. The first-order chi connectivity index (χ1) is 16.5. The number of benzene rings is 3. The van der Waals surface area contributed by atoms with E-state index in [-0.39, 0.29) is 11.4 Å². The van der Waals surface area contributed by atoms with Crippen LogP contribution in [-0.2, 0) is 0 Å². The molecule has 1 aromatic heterocycles. The molecular weight excluding hydrogens is 424 g/mol. The zero-order valence-corrected chi connectivity index (χ0v) is 19.5. The maximum absolute atomic E-state index is 12.5. The summed E-state index contributed by atoms with van der Waals surface area (Å²) in [5.74, 6) is -0.183. The summed E-state index contributed by atoms with van der Waals surface area (Å²) in [4.78, 5) is 24.3. The monoisotopic (exact) mass is 452 g/mol. The van der Waals surface area contributed by atoms with Gasteiger partial charge in [0.1, 0.15) is 0 Å². The number of piperazine rings is 1. The van der Waals surface area contributed by atoms with Crippen molar-refractivity contribution >= 4 is 28.4 Å². The van der Waals surface area contributed by atoms with E-state index in [4.69, 9.17) is 0 Å². The lowest BCUT2D eigenvalue weighted by atomic mass is 9.97. The SMILES string of the molecule is Cc1ccccc1-c1ccc2c(=O)[nH]c(O)c(C=Nc3ccc(N4CCN(C)CC4)cc3)c2c1. The van der Waals surface area contributed by atoms with Crippen LogP contribution in [0.25, 0.3) is 21.9 Å². The van der Waals surface area contributed by atoms with Gasteiger partial charge in [-0.15, -0.1) is 0 Å². The number of hydrogen-bond acceptors (Lipinski definition) is 5. The molecule has 2 N–H and O–H groups in total. The van der Waals surface area contributed by atoms with Crippen molar-refractivity contribution in [2.75, 3.05) is 38.1 Å². The van der Waals surface area contributed by atoms with Crippen molar-refractivity contribution in [2.45, 2.75) is 6.92 Å². The second-order valence-electron chi connectivity index (χ2n) is 8.86. The van der Waals surface area contributed by atoms with Gasteiger partial charge in [-0.2, -0.15) is 0 Å². The van der Waals surface area contributed by atoms with Gasteiger partial charge in [-0.25, -0.2) is 0 Å². The first kappa shape index (κ1) is 21.9. The number of pyridine rings is 1. The van der Waals surface area contributed by atoms with Gasteiger partial charge in [0.15, 0.2) is 0 Å². The van der Waals surface area contributed by atoms with Crippen molar-refractivity contribution < 1.29 is 5.11 Å². The summed E-state index contributed by atoms with van der Waals surface area (Å²) in [5.41, 5.74) is 5.37. The van der Waals surface area contributed by atoms with E-state index in [1.54, 1.807) is 12.3 Å². The molecule has 34 heavy (non-hydrogen) atoms. The fourth-order valence-electron chi connectivity index (χ4n) is 4.48. The third-order valence-corrected chi connectivity index (χ3v) is 6.56. The zero-order valence-electron chi connectivity index (χ0n) is 19.5. The van der Waals surface area contributed by atoms with Crippen molar-refractivity contribution in [2.24, 2.45) is 4.99 Å². The number of nitrogens with one attached hydrogen (secondary N) is 1. The normalized spacial score (nSPS) is 14.8. The lowest BCUT2D eigenvalue weighted by Gasteiger charge is -2.34. The van der Waals surface area contributed by atoms with Crippen molar-refractivity contribution in [3.05, 3.63) is 88.2 Å². The third-order valence-electron chi connectivity index (χ3n) is 6.56. The van der Waals surface area contributed by atoms with E-state index in [2.05, 4.69) is 58.0 Å². The van der Waals surface area contributed by atoms with Gasteiger partial charge in [0.2, 0.25) is 5.88 Å². The Balaban J connectivity index is 1.49. The number of aromatic hydroxyl groups is 1. The highest BCUT2D eigenvalue weighted by atomic mass is 16.3. The smallest absolute Gasteiger partial charge is 0.258 e. The molecule has 0 amide bonds. The van der Waals surface area contributed by atoms with Crippen LogP contribution >= 0.6 is 0 Å². The van der Waals surface area contributed by atoms with Gasteiger partial charge in [0.25, 0.3) is 5.56 Å². The highest BCUT2D eigenvalue weighted by Crippen LogP contribution is 2.29. The van der Waals surface area contributed by atoms with E-state index in [0.29, 0.717) is 16.3 Å². The number of aromatic amines is 1. The van der Waals surface area contributed by atoms with Crippen LogP contribution in [0.15, 0.2) is 76.5 Å². The molecule has 1 fully saturated rings. The summed E-state index contributed by atoms with van der Waals surface area (Å²) in [6, 6.07) is 21.9. The number of rotatable bonds is 4. The maximum Gasteiger partial charge on any atom is 0.258 e. The fourth-order valence-corrected chi connectivity index (χ4v) is 4.48. The molecule has 6 heteroatoms. The molecule has 0 bridgehead atoms. The number of likely N-dealkylation sites (N-methyl/N-ethyl adjacent to an activating group) is 1. The molecule has 172 valence electrons. The van der Waals surface area contributed by atoms with Crippen molar-refractivity contribution in [1.82, 2.24) is 9.88 Å². The number of aromatic nitrogens is 1. The standard InChI is InChI=1S/C28H28N4O2/c1-19-5-3-4-6-23(19)20-7-12-24-25(17-20)26(28(34)30-27(24)33)18-29-21-8-10-22(11-9-21)32-15-13-31(2)14-16-32/h3-12,17-18H,13-16H2,1-2H3,(H2,30,33,34). The molecule has 6 nitrogen and oxygen atoms in total. The highest BCUT2D eigenvalue weighted by molar-refractivity contribution is 6.03. The largest absolute Gasteiger partial charge is 0.494 e. The molecule has 0 unspecified atom stereocenters. The Kier molecular flexibility index (Phi) is 5.90. The third kappa shape index (κ3) is 4.32. The Morgan fingerprint density at radius 3 is 2.41 bits per heavy atom. The molecule has 0 spiro atoms. The summed E-state index contributed by atoms with van der Waals surface area (Å²) in [7, 11) is 2.15. The molecule has 4 aromatic rings. The minimum Gasteiger partial charge on any atom is -0.494 e. The van der Waals surface area contributed by atoms with Gasteiger partial charge >= 0.3 is 0 Å². The Morgan fingerprint density at radius 1 is 0.941 bits per heavy atom. The van der Waals surface area contributed by atoms with Gasteiger partial charge in [-0.3, -0.25) is 14.8 Å². The second-order valence-corrected chi connectivity index (χ2v) is 8.86. The quantitative estimate of drug-likeness (QED) is 0.440. The van der Waals surface area contributed by atoms with E-state index in [1.807, 2.05) is 36.4 Å². The topological polar surface area (TPSA) is 71.9 Å². The molecule has 1 aliphatic rings. The van der Waals surface area contributed by atoms with Gasteiger partial charge in [0, 0.05) is 48.9 Å². The van der Waals surface area contributed by atoms with Crippen LogP contribution in [0, 0.1) is 6.92 Å². The van der Waals surface area contributed by atoms with Crippen molar-refractivity contribution in [3.63, 3.8) is 0 Å². The Morgan fingerprint density at radius 2 is 1.68 bits per heavy atom. The van der Waals surface area contributed by atoms with Crippen LogP contribution in [0.5, 0.6) is 5.88 Å². The van der Waals surface area contributed by atoms with E-state index in [1.165, 1.54) is 5.69 Å². The Bertz CT molecular complexity index is 1420. The van der Waals surface area contributed by atoms with Crippen LogP contribution in [0.1, 0.15) is 11.1 Å². The summed E-state index contributed by atoms with van der Waals surface area (Å²) >= 11 is 0. The number of hydrogen-bond donors (Lipinski definition) is 2. The first-order valence-electron chi connectivity index (χ1n) is 11.5. The number of nitrogens with zero attached hydrogens (tertiary/aromatic N) is 3. The van der Waals surface area contributed by atoms with E-state index in [9.17, 15) is 9.90 Å². The molecule has 5 rings (SSSR count). The van der Waals surface area contributed by atoms with E-state index >= 15 is 0 Å². The molecule has 0 aliphatic carbocycles. The fraction of sp³-hybridized carbons (Fsp3) is 0.214. The molecular formula is C28H28N4O2. The summed E-state index contributed by atoms with van der Waals surface area (Å²) in [6.45, 7) is 6.20. The average Bonchev–Trinajstić information content (AvgIpc) is 2.85. The number of anilines is 1. The number of H-pyrrole nitrogens is 1. The summed E-state index contributed by atoms with van der Waals surface area (Å²) < 4.78 is 0. The van der Waals surface area contributed by atoms with Gasteiger partial charge in [-0.1, -0.05) is 30.3 Å². The van der Waals surface area contributed by atoms with E-state index < -0.39 is 0 Å². The predicted molar refractivity (Wildman–Crippen MR) is 140 cm³/mol. The van der Waals surface area contributed by atoms with Crippen LogP contribution < -0.4 is 10.5 Å². The molecule has 0 radical (unpaired) electrons. The van der Waals surface area contributed by atoms with Crippen LogP contribution in [0.2, 0.25) is 0 Å². The molecule has 3 aromatic carbocycles. The van der Waals surface area contributed by atoms with Crippen molar-refractivity contribution in [1.29, 1.82) is 0 Å². The van der Waals surface area contributed by atoms with Gasteiger partial charge in [-0.05, 0) is 67.1 Å². The number of fused-ring (bicyclic) bond motifs is 1. The molecule has 1 aliphatic heterocycles. The van der Waals surface area contributed by atoms with E-state index in [0.717, 1.165) is 48.6 Å². The van der Waals surface area contributed by atoms with Crippen LogP contribution in [-0.4, -0.2) is 54.4 Å². The lowest BCUT2D eigenvalue weighted by molar-refractivity contribution is 0.313. The van der Waals surface area contributed by atoms with Gasteiger partial charge < -0.3 is 14.9 Å². The first-order valence-corrected chi connectivity index (χ1v) is 11.5. The molecule has 1 saturated heterocycles. The summed E-state index contributed by atoms with van der Waals surface area (Å²) in [5, 5.41) is 11.7. The van der Waals surface area contributed by atoms with Crippen LogP contribution in [0.3, 0.4) is 0 Å². The van der Waals surface area contributed by atoms with Crippen LogP contribution in [0.4, 0.5) is 11.4 Å².